The third-order valence-electron chi connectivity index (χ3n) is 26.2. The minimum Gasteiger partial charge on any atom is -0.465 e. The number of benzene rings is 8. The molecule has 0 saturated carbocycles. The molecule has 8 aromatic carbocycles. The number of esters is 2. The second kappa shape index (κ2) is 43.8. The Morgan fingerprint density at radius 2 is 0.600 bits per heavy atom. The van der Waals surface area contributed by atoms with Gasteiger partial charge in [-0.05, 0) is 129 Å². The van der Waals surface area contributed by atoms with Crippen LogP contribution in [0.15, 0.2) is 243 Å². The summed E-state index contributed by atoms with van der Waals surface area (Å²) in [5, 5.41) is 29.3. The van der Waals surface area contributed by atoms with Gasteiger partial charge in [0.25, 0.3) is 33.3 Å². The second-order valence-electron chi connectivity index (χ2n) is 41.3. The Morgan fingerprint density at radius 1 is 0.369 bits per heavy atom. The molecule has 0 aliphatic carbocycles. The molecule has 6 saturated heterocycles. The van der Waals surface area contributed by atoms with Gasteiger partial charge in [0.1, 0.15) is 87.4 Å². The zero-order valence-corrected chi connectivity index (χ0v) is 87.5. The van der Waals surface area contributed by atoms with E-state index in [0.717, 1.165) is 60.6 Å². The Morgan fingerprint density at radius 3 is 0.831 bits per heavy atom. The number of aliphatic hydroxyl groups excluding tert-OH is 2. The average Bonchev–Trinajstić information content (AvgIpc) is 1.44. The number of carbonyl (C=O) groups excluding carboxylic acids is 3. The van der Waals surface area contributed by atoms with Gasteiger partial charge >= 0.3 is 41.5 Å². The van der Waals surface area contributed by atoms with Crippen molar-refractivity contribution in [3.8, 4) is 0 Å². The van der Waals surface area contributed by atoms with Crippen molar-refractivity contribution in [2.45, 2.75) is 300 Å². The van der Waals surface area contributed by atoms with E-state index in [-0.39, 0.29) is 112 Å². The molecule has 0 unspecified atom stereocenters. The predicted octanol–water partition coefficient (Wildman–Crippen LogP) is 3.46. The van der Waals surface area contributed by atoms with Crippen molar-refractivity contribution in [3.63, 3.8) is 0 Å². The molecule has 14 rings (SSSR count). The van der Waals surface area contributed by atoms with Gasteiger partial charge in [0.15, 0.2) is 0 Å². The predicted molar refractivity (Wildman–Crippen MR) is 499 cm³/mol. The third kappa shape index (κ3) is 23.4. The van der Waals surface area contributed by atoms with Gasteiger partial charge in [0.05, 0.1) is 73.4 Å². The zero-order chi connectivity index (χ0) is 93.3. The summed E-state index contributed by atoms with van der Waals surface area (Å²) in [5.74, 6) is -0.472. The monoisotopic (exact) mass is 1970 g/mol. The number of carbonyl (C=O) groups is 3. The van der Waals surface area contributed by atoms with Gasteiger partial charge in [-0.3, -0.25) is 23.3 Å². The molecule has 6 fully saturated rings. The Labute approximate surface area is 803 Å². The fraction of sp³-hybridized carbons (Fsp3) is 0.505. The first-order valence-electron chi connectivity index (χ1n) is 45.7. The van der Waals surface area contributed by atoms with Crippen molar-refractivity contribution < 1.29 is 144 Å². The molecule has 27 heteroatoms. The minimum atomic E-state index is -5.94. The van der Waals surface area contributed by atoms with Crippen LogP contribution in [0.1, 0.15) is 176 Å². The van der Waals surface area contributed by atoms with Crippen LogP contribution in [-0.4, -0.2) is 185 Å². The maximum absolute atomic E-state index is 12.8. The number of hydrogen-bond donors (Lipinski definition) is 2. The van der Waals surface area contributed by atoms with Crippen molar-refractivity contribution in [1.82, 2.24) is 0 Å². The number of aliphatic hydroxyl groups is 2. The van der Waals surface area contributed by atoms with Crippen LogP contribution < -0.4 is 105 Å². The van der Waals surface area contributed by atoms with E-state index in [1.165, 1.54) is 0 Å². The standard InChI is InChI=1S/C52H70O9Si2.C51H66O8Si2.IO4.Na/c1-50(2,3)49(55)56-33-32-37-30-31-42-44(57-37)48(61-63(52(7,8)9,40-26-18-12-19-27-40)41-28-20-13-21-29-41)47-46(58-42)45(43(59-47)34-36(54)35-53)60-62(51(4,5)6,38-22-14-10-15-23-38)39-24-16-11-17-25-39;1-49(2,3)48(53)54-35-33-36-30-31-41-43(55-36)47(59-61(51(7,8)9,39-26-18-12-19-27-39)40-28-20-13-21-29-40)46-45(56-41)44(42(57-46)32-34-52)58-60(50(4,5)6,37-22-14-10-15-23-37)38-24-16-11-17-25-38;2-1(3,4)5;/h10-29,36-37,42-48,53-54H,30-35H2,1-9H3;10-29,34,36,41-47H,30-33,35H2,1-9H3;;/q;;-1;+1/t36-,37-,42+,43-,44+,45+,46+,47-,48+;36-,41+,42-,43+,44+,45+,46-,47+;;/m11../s1. The second-order valence-corrected chi connectivity index (χ2v) is 60.5. The smallest absolute Gasteiger partial charge is 0.465 e. The maximum Gasteiger partial charge on any atom is 1.00 e. The van der Waals surface area contributed by atoms with Gasteiger partial charge in [-0.25, -0.2) is 0 Å². The first-order chi connectivity index (χ1) is 60.9. The van der Waals surface area contributed by atoms with Gasteiger partial charge in [-0.2, -0.15) is 0 Å². The molecule has 0 spiro atoms. The van der Waals surface area contributed by atoms with E-state index >= 15 is 0 Å². The van der Waals surface area contributed by atoms with Crippen molar-refractivity contribution in [1.29, 1.82) is 0 Å². The van der Waals surface area contributed by atoms with E-state index in [4.69, 9.17) is 69.3 Å². The molecule has 0 radical (unpaired) electrons. The molecule has 698 valence electrons. The minimum absolute atomic E-state index is 0. The van der Waals surface area contributed by atoms with Crippen LogP contribution in [0, 0.1) is 10.8 Å². The quantitative estimate of drug-likeness (QED) is 0.0322. The van der Waals surface area contributed by atoms with Crippen molar-refractivity contribution in [2.24, 2.45) is 10.8 Å². The molecule has 6 aliphatic rings. The summed E-state index contributed by atoms with van der Waals surface area (Å²) in [7, 11) is -12.8. The maximum atomic E-state index is 12.8. The largest absolute Gasteiger partial charge is 1.00 e. The summed E-state index contributed by atoms with van der Waals surface area (Å²) < 4.78 is 121. The SMILES string of the molecule is CC(C)(C)C(=O)OCC[C@H]1CC[C@@H]2O[C@@H]3[C@@H](O[C@H](CC=O)[C@@H]3O[Si](c3ccccc3)(c3ccccc3)C(C)(C)C)[C@@H](O[Si](c3ccccc3)(c3ccccc3)C(C)(C)C)[C@H]2O1.CC(C)(C)C(=O)OCC[C@H]1CC[C@@H]2O[C@@H]3[C@@H](O[C@H](C[C@@H](O)CO)[C@@H]3O[Si](c3ccccc3)(c3ccccc3)C(C)(C)C)[C@@H](O[Si](c3ccccc3)(c3ccccc3)C(C)(C)C)[C@H]2O1.[Na+].[O-][I+3]([O-])([O-])[O-]. The number of halogens is 1. The molecular weight excluding hydrogens is 1840 g/mol. The fourth-order valence-electron chi connectivity index (χ4n) is 20.2. The van der Waals surface area contributed by atoms with E-state index < -0.39 is 150 Å². The summed E-state index contributed by atoms with van der Waals surface area (Å²) in [5.41, 5.74) is -1.20. The molecule has 0 amide bonds. The van der Waals surface area contributed by atoms with Crippen LogP contribution in [0.5, 0.6) is 0 Å². The molecular formula is C103H136INaO21Si4. The van der Waals surface area contributed by atoms with Crippen LogP contribution in [0.3, 0.4) is 0 Å². The fourth-order valence-corrected chi connectivity index (χ4v) is 39.0. The molecule has 130 heavy (non-hydrogen) atoms. The molecule has 0 aromatic heterocycles. The van der Waals surface area contributed by atoms with E-state index in [1.54, 1.807) is 0 Å². The summed E-state index contributed by atoms with van der Waals surface area (Å²) in [6, 6.07) is 84.7. The van der Waals surface area contributed by atoms with Gasteiger partial charge < -0.3 is 70.6 Å². The Kier molecular flexibility index (Phi) is 35.3. The van der Waals surface area contributed by atoms with Crippen LogP contribution in [-0.2, 0) is 70.0 Å². The molecule has 8 aromatic rings. The van der Waals surface area contributed by atoms with Crippen molar-refractivity contribution in [2.75, 3.05) is 19.8 Å². The Hall–Kier alpha value is -5.67. The van der Waals surface area contributed by atoms with Gasteiger partial charge in [0, 0.05) is 25.7 Å². The first-order valence-corrected chi connectivity index (χ1v) is 56.8. The third-order valence-corrected chi connectivity index (χ3v) is 46.3. The summed E-state index contributed by atoms with van der Waals surface area (Å²) in [6.45, 7) is 38.5. The van der Waals surface area contributed by atoms with Crippen molar-refractivity contribution in [3.05, 3.63) is 243 Å². The number of aldehydes is 1. The van der Waals surface area contributed by atoms with E-state index in [2.05, 4.69) is 289 Å². The van der Waals surface area contributed by atoms with E-state index in [9.17, 15) is 24.6 Å². The molecule has 0 bridgehead atoms. The molecule has 21 nitrogen and oxygen atoms in total. The topological polar surface area (TPSA) is 295 Å². The first kappa shape index (κ1) is 105. The summed E-state index contributed by atoms with van der Waals surface area (Å²) in [4.78, 5) is 38.2. The zero-order valence-electron chi connectivity index (χ0n) is 79.3. The number of fused-ring (bicyclic) bond motifs is 4. The van der Waals surface area contributed by atoms with E-state index in [1.807, 2.05) is 77.9 Å². The number of hydrogen-bond acceptors (Lipinski definition) is 21. The summed E-state index contributed by atoms with van der Waals surface area (Å²) in [6.07, 6.45) is -4.07. The van der Waals surface area contributed by atoms with Gasteiger partial charge in [-0.1, -0.05) is 326 Å². The summed E-state index contributed by atoms with van der Waals surface area (Å²) >= 11 is -5.94. The normalized spacial score (nSPS) is 25.3. The molecule has 6 aliphatic heterocycles. The van der Waals surface area contributed by atoms with Crippen LogP contribution in [0.4, 0.5) is 0 Å². The molecule has 2 N–H and O–H groups in total. The number of rotatable bonds is 27. The van der Waals surface area contributed by atoms with Crippen LogP contribution in [0.2, 0.25) is 20.2 Å². The Bertz CT molecular complexity index is 4680. The number of ether oxygens (including phenoxy) is 8. The molecule has 17 atom stereocenters. The average molecular weight is 1970 g/mol. The Balaban J connectivity index is 0.000000237. The van der Waals surface area contributed by atoms with Crippen molar-refractivity contribution >= 4 is 93.0 Å². The van der Waals surface area contributed by atoms with Gasteiger partial charge in [0.2, 0.25) is 0 Å². The molecule has 6 heterocycles. The van der Waals surface area contributed by atoms with Gasteiger partial charge in [-0.15, -0.1) is 0 Å². The van der Waals surface area contributed by atoms with Crippen LogP contribution in [0.25, 0.3) is 0 Å². The van der Waals surface area contributed by atoms with Crippen LogP contribution >= 0.6 is 0 Å². The van der Waals surface area contributed by atoms with E-state index in [0.29, 0.717) is 25.7 Å².